The van der Waals surface area contributed by atoms with Gasteiger partial charge in [-0.25, -0.2) is 0 Å². The fourth-order valence-electron chi connectivity index (χ4n) is 2.05. The maximum absolute atomic E-state index is 12.3. The van der Waals surface area contributed by atoms with E-state index in [9.17, 15) is 4.79 Å². The van der Waals surface area contributed by atoms with Crippen molar-refractivity contribution in [2.24, 2.45) is 0 Å². The van der Waals surface area contributed by atoms with Crippen molar-refractivity contribution in [3.05, 3.63) is 52.8 Å². The van der Waals surface area contributed by atoms with E-state index in [4.69, 9.17) is 0 Å². The number of hydrogen-bond donors (Lipinski definition) is 1. The highest BCUT2D eigenvalue weighted by atomic mass is 79.9. The standard InChI is InChI=1S/C15H18BrN3O/c1-3-14(12-7-5-4-6-8-12)18-15(20)11(2)19-10-13(16)9-17-19/h4-11,14H,3H2,1-2H3,(H,18,20). The number of nitrogens with one attached hydrogen (secondary N) is 1. The molecular formula is C15H18BrN3O. The lowest BCUT2D eigenvalue weighted by Crippen LogP contribution is -2.34. The second-order valence-corrected chi connectivity index (χ2v) is 5.61. The van der Waals surface area contributed by atoms with Gasteiger partial charge in [-0.15, -0.1) is 0 Å². The first kappa shape index (κ1) is 14.8. The number of halogens is 1. The lowest BCUT2D eigenvalue weighted by atomic mass is 10.0. The number of carbonyl (C=O) groups excluding carboxylic acids is 1. The summed E-state index contributed by atoms with van der Waals surface area (Å²) in [6, 6.07) is 9.70. The Morgan fingerprint density at radius 3 is 2.65 bits per heavy atom. The Hall–Kier alpha value is -1.62. The Kier molecular flexibility index (Phi) is 4.95. The third-order valence-corrected chi connectivity index (χ3v) is 3.68. The molecule has 0 aliphatic rings. The predicted octanol–water partition coefficient (Wildman–Crippen LogP) is 3.47. The summed E-state index contributed by atoms with van der Waals surface area (Å²) in [7, 11) is 0. The maximum atomic E-state index is 12.3. The summed E-state index contributed by atoms with van der Waals surface area (Å²) in [5.41, 5.74) is 1.12. The number of aromatic nitrogens is 2. The number of carbonyl (C=O) groups is 1. The van der Waals surface area contributed by atoms with Crippen molar-refractivity contribution in [1.29, 1.82) is 0 Å². The van der Waals surface area contributed by atoms with Crippen LogP contribution in [0.25, 0.3) is 0 Å². The van der Waals surface area contributed by atoms with Gasteiger partial charge in [0.15, 0.2) is 0 Å². The van der Waals surface area contributed by atoms with Crippen LogP contribution < -0.4 is 5.32 Å². The normalized spacial score (nSPS) is 13.8. The minimum atomic E-state index is -0.334. The predicted molar refractivity (Wildman–Crippen MR) is 82.3 cm³/mol. The Bertz CT molecular complexity index is 568. The number of nitrogens with zero attached hydrogens (tertiary/aromatic N) is 2. The Morgan fingerprint density at radius 2 is 2.10 bits per heavy atom. The molecule has 0 bridgehead atoms. The Morgan fingerprint density at radius 1 is 1.40 bits per heavy atom. The van der Waals surface area contributed by atoms with Crippen LogP contribution in [-0.2, 0) is 4.79 Å². The van der Waals surface area contributed by atoms with Crippen LogP contribution in [0.4, 0.5) is 0 Å². The molecular weight excluding hydrogens is 318 g/mol. The van der Waals surface area contributed by atoms with E-state index in [2.05, 4.69) is 33.3 Å². The van der Waals surface area contributed by atoms with E-state index in [0.717, 1.165) is 16.5 Å². The fourth-order valence-corrected chi connectivity index (χ4v) is 2.35. The van der Waals surface area contributed by atoms with Crippen molar-refractivity contribution in [3.63, 3.8) is 0 Å². The molecule has 0 fully saturated rings. The zero-order valence-corrected chi connectivity index (χ0v) is 13.2. The third kappa shape index (κ3) is 3.48. The quantitative estimate of drug-likeness (QED) is 0.909. The molecule has 2 rings (SSSR count). The molecule has 0 aliphatic heterocycles. The highest BCUT2D eigenvalue weighted by Crippen LogP contribution is 2.18. The van der Waals surface area contributed by atoms with Crippen molar-refractivity contribution in [2.45, 2.75) is 32.4 Å². The topological polar surface area (TPSA) is 46.9 Å². The monoisotopic (exact) mass is 335 g/mol. The van der Waals surface area contributed by atoms with Crippen LogP contribution in [0.3, 0.4) is 0 Å². The molecule has 0 aliphatic carbocycles. The van der Waals surface area contributed by atoms with Crippen molar-refractivity contribution in [1.82, 2.24) is 15.1 Å². The molecule has 20 heavy (non-hydrogen) atoms. The minimum absolute atomic E-state index is 0.0312. The van der Waals surface area contributed by atoms with Gasteiger partial charge in [-0.05, 0) is 34.8 Å². The average Bonchev–Trinajstić information content (AvgIpc) is 2.91. The van der Waals surface area contributed by atoms with Gasteiger partial charge in [-0.3, -0.25) is 9.48 Å². The summed E-state index contributed by atoms with van der Waals surface area (Å²) >= 11 is 3.34. The molecule has 2 atom stereocenters. The van der Waals surface area contributed by atoms with Crippen LogP contribution in [0.15, 0.2) is 47.2 Å². The highest BCUT2D eigenvalue weighted by molar-refractivity contribution is 9.10. The molecule has 2 aromatic rings. The summed E-state index contributed by atoms with van der Waals surface area (Å²) in [5, 5.41) is 7.23. The van der Waals surface area contributed by atoms with Gasteiger partial charge in [-0.2, -0.15) is 5.10 Å². The number of hydrogen-bond acceptors (Lipinski definition) is 2. The van der Waals surface area contributed by atoms with Crippen LogP contribution in [0.1, 0.15) is 37.9 Å². The van der Waals surface area contributed by atoms with Gasteiger partial charge >= 0.3 is 0 Å². The molecule has 2 unspecified atom stereocenters. The molecule has 1 aromatic carbocycles. The van der Waals surface area contributed by atoms with E-state index in [1.165, 1.54) is 0 Å². The van der Waals surface area contributed by atoms with Crippen LogP contribution >= 0.6 is 15.9 Å². The largest absolute Gasteiger partial charge is 0.347 e. The first-order valence-electron chi connectivity index (χ1n) is 6.66. The zero-order chi connectivity index (χ0) is 14.5. The molecule has 1 N–H and O–H groups in total. The van der Waals surface area contributed by atoms with Gasteiger partial charge < -0.3 is 5.32 Å². The molecule has 4 nitrogen and oxygen atoms in total. The van der Waals surface area contributed by atoms with E-state index in [1.807, 2.05) is 37.3 Å². The van der Waals surface area contributed by atoms with Crippen LogP contribution in [0.2, 0.25) is 0 Å². The molecule has 0 radical (unpaired) electrons. The van der Waals surface area contributed by atoms with Gasteiger partial charge in [0, 0.05) is 6.20 Å². The Balaban J connectivity index is 2.06. The third-order valence-electron chi connectivity index (χ3n) is 3.27. The first-order valence-corrected chi connectivity index (χ1v) is 7.46. The molecule has 1 heterocycles. The van der Waals surface area contributed by atoms with Gasteiger partial charge in [0.1, 0.15) is 6.04 Å². The van der Waals surface area contributed by atoms with E-state index < -0.39 is 0 Å². The van der Waals surface area contributed by atoms with Crippen molar-refractivity contribution in [3.8, 4) is 0 Å². The van der Waals surface area contributed by atoms with Crippen LogP contribution in [-0.4, -0.2) is 15.7 Å². The van der Waals surface area contributed by atoms with Gasteiger partial charge in [-0.1, -0.05) is 37.3 Å². The first-order chi connectivity index (χ1) is 9.61. The number of rotatable bonds is 5. The number of amides is 1. The Labute approximate surface area is 127 Å². The SMILES string of the molecule is CCC(NC(=O)C(C)n1cc(Br)cn1)c1ccccc1. The summed E-state index contributed by atoms with van der Waals surface area (Å²) in [4.78, 5) is 12.3. The molecule has 0 saturated carbocycles. The van der Waals surface area contributed by atoms with E-state index >= 15 is 0 Å². The van der Waals surface area contributed by atoms with Gasteiger partial charge in [0.05, 0.1) is 16.7 Å². The van der Waals surface area contributed by atoms with E-state index in [-0.39, 0.29) is 18.0 Å². The lowest BCUT2D eigenvalue weighted by Gasteiger charge is -2.20. The van der Waals surface area contributed by atoms with E-state index in [1.54, 1.807) is 17.1 Å². The van der Waals surface area contributed by atoms with Crippen molar-refractivity contribution in [2.75, 3.05) is 0 Å². The summed E-state index contributed by atoms with van der Waals surface area (Å²) in [6.45, 7) is 3.90. The molecule has 0 spiro atoms. The summed E-state index contributed by atoms with van der Waals surface area (Å²) in [6.07, 6.45) is 4.33. The van der Waals surface area contributed by atoms with Crippen molar-refractivity contribution >= 4 is 21.8 Å². The molecule has 1 amide bonds. The highest BCUT2D eigenvalue weighted by Gasteiger charge is 2.19. The van der Waals surface area contributed by atoms with Crippen LogP contribution in [0, 0.1) is 0 Å². The second kappa shape index (κ2) is 6.70. The molecule has 106 valence electrons. The zero-order valence-electron chi connectivity index (χ0n) is 11.6. The number of benzene rings is 1. The smallest absolute Gasteiger partial charge is 0.245 e. The van der Waals surface area contributed by atoms with E-state index in [0.29, 0.717) is 0 Å². The summed E-state index contributed by atoms with van der Waals surface area (Å²) in [5.74, 6) is -0.0312. The van der Waals surface area contributed by atoms with Gasteiger partial charge in [0.2, 0.25) is 5.91 Å². The fraction of sp³-hybridized carbons (Fsp3) is 0.333. The molecule has 1 aromatic heterocycles. The van der Waals surface area contributed by atoms with Crippen LogP contribution in [0.5, 0.6) is 0 Å². The van der Waals surface area contributed by atoms with Crippen molar-refractivity contribution < 1.29 is 4.79 Å². The minimum Gasteiger partial charge on any atom is -0.347 e. The second-order valence-electron chi connectivity index (χ2n) is 4.69. The van der Waals surface area contributed by atoms with Gasteiger partial charge in [0.25, 0.3) is 0 Å². The summed E-state index contributed by atoms with van der Waals surface area (Å²) < 4.78 is 2.52. The average molecular weight is 336 g/mol. The lowest BCUT2D eigenvalue weighted by molar-refractivity contribution is -0.124. The molecule has 0 saturated heterocycles. The molecule has 5 heteroatoms. The maximum Gasteiger partial charge on any atom is 0.245 e.